The normalized spacial score (nSPS) is 19.7. The molecule has 0 amide bonds. The van der Waals surface area contributed by atoms with Crippen LogP contribution < -0.4 is 4.74 Å². The molecule has 3 unspecified atom stereocenters. The van der Waals surface area contributed by atoms with Crippen LogP contribution in [-0.4, -0.2) is 24.2 Å². The van der Waals surface area contributed by atoms with E-state index in [0.717, 1.165) is 19.3 Å². The summed E-state index contributed by atoms with van der Waals surface area (Å²) in [5, 5.41) is 11.8. The van der Waals surface area contributed by atoms with Gasteiger partial charge in [-0.05, 0) is 41.7 Å². The van der Waals surface area contributed by atoms with Gasteiger partial charge in [0.2, 0.25) is 0 Å². The Hall–Kier alpha value is -2.83. The molecule has 4 rings (SSSR count). The van der Waals surface area contributed by atoms with E-state index in [4.69, 9.17) is 9.47 Å². The number of halogens is 3. The van der Waals surface area contributed by atoms with Crippen LogP contribution in [0.4, 0.5) is 13.2 Å². The third-order valence-electron chi connectivity index (χ3n) is 5.79. The largest absolute Gasteiger partial charge is 0.465 e. The molecule has 1 fully saturated rings. The highest BCUT2D eigenvalue weighted by Gasteiger charge is 2.55. The molecule has 0 bridgehead atoms. The zero-order chi connectivity index (χ0) is 22.6. The molecule has 0 saturated carbocycles. The maximum atomic E-state index is 14.5. The van der Waals surface area contributed by atoms with Gasteiger partial charge < -0.3 is 14.6 Å². The molecule has 1 N–H and O–H groups in total. The first-order valence-corrected chi connectivity index (χ1v) is 10.7. The van der Waals surface area contributed by atoms with Crippen LogP contribution in [0.2, 0.25) is 0 Å². The third-order valence-corrected chi connectivity index (χ3v) is 5.79. The fourth-order valence-electron chi connectivity index (χ4n) is 4.25. The summed E-state index contributed by atoms with van der Waals surface area (Å²) in [6, 6.07) is 21.7. The second kappa shape index (κ2) is 9.35. The van der Waals surface area contributed by atoms with E-state index in [0.29, 0.717) is 12.4 Å². The fourth-order valence-corrected chi connectivity index (χ4v) is 4.25. The molecule has 32 heavy (non-hydrogen) atoms. The van der Waals surface area contributed by atoms with Gasteiger partial charge in [0.15, 0.2) is 6.29 Å². The van der Waals surface area contributed by atoms with Gasteiger partial charge in [-0.2, -0.15) is 13.2 Å². The average Bonchev–Trinajstić information content (AvgIpc) is 2.80. The lowest BCUT2D eigenvalue weighted by Crippen LogP contribution is -2.42. The van der Waals surface area contributed by atoms with Crippen molar-refractivity contribution >= 4 is 0 Å². The molecule has 0 aromatic heterocycles. The monoisotopic (exact) mass is 442 g/mol. The van der Waals surface area contributed by atoms with E-state index in [1.54, 1.807) is 48.5 Å². The first kappa shape index (κ1) is 22.4. The number of aliphatic hydroxyl groups is 1. The van der Waals surface area contributed by atoms with Gasteiger partial charge >= 0.3 is 6.18 Å². The predicted molar refractivity (Wildman–Crippen MR) is 115 cm³/mol. The van der Waals surface area contributed by atoms with Crippen LogP contribution in [0.15, 0.2) is 84.9 Å². The summed E-state index contributed by atoms with van der Waals surface area (Å²) in [5.41, 5.74) is -2.05. The Kier molecular flexibility index (Phi) is 6.53. The molecule has 1 saturated heterocycles. The second-order valence-electron chi connectivity index (χ2n) is 7.96. The van der Waals surface area contributed by atoms with Crippen molar-refractivity contribution in [1.82, 2.24) is 0 Å². The molecule has 3 aromatic rings. The number of alkyl halides is 3. The molecule has 0 aliphatic carbocycles. The summed E-state index contributed by atoms with van der Waals surface area (Å²) in [7, 11) is 0. The summed E-state index contributed by atoms with van der Waals surface area (Å²) < 4.78 is 54.8. The van der Waals surface area contributed by atoms with Crippen LogP contribution in [-0.2, 0) is 10.3 Å². The van der Waals surface area contributed by atoms with Crippen LogP contribution in [0, 0.1) is 0 Å². The Morgan fingerprint density at radius 2 is 1.41 bits per heavy atom. The van der Waals surface area contributed by atoms with Gasteiger partial charge in [0.25, 0.3) is 0 Å². The lowest BCUT2D eigenvalue weighted by atomic mass is 9.72. The Morgan fingerprint density at radius 3 is 1.97 bits per heavy atom. The van der Waals surface area contributed by atoms with E-state index in [9.17, 15) is 18.3 Å². The van der Waals surface area contributed by atoms with Crippen LogP contribution in [0.1, 0.15) is 41.9 Å². The first-order chi connectivity index (χ1) is 15.4. The van der Waals surface area contributed by atoms with E-state index >= 15 is 0 Å². The van der Waals surface area contributed by atoms with Gasteiger partial charge in [-0.15, -0.1) is 0 Å². The van der Waals surface area contributed by atoms with Crippen LogP contribution in [0.25, 0.3) is 0 Å². The third kappa shape index (κ3) is 4.66. The molecule has 0 radical (unpaired) electrons. The van der Waals surface area contributed by atoms with Crippen molar-refractivity contribution in [2.75, 3.05) is 6.61 Å². The van der Waals surface area contributed by atoms with Gasteiger partial charge in [-0.3, -0.25) is 0 Å². The molecule has 3 nitrogen and oxygen atoms in total. The van der Waals surface area contributed by atoms with Crippen molar-refractivity contribution in [2.24, 2.45) is 0 Å². The number of hydrogen-bond donors (Lipinski definition) is 1. The molecule has 168 valence electrons. The fraction of sp³-hybridized carbons (Fsp3) is 0.308. The lowest BCUT2D eigenvalue weighted by Gasteiger charge is -2.38. The minimum atomic E-state index is -4.70. The topological polar surface area (TPSA) is 38.7 Å². The molecule has 1 aliphatic heterocycles. The van der Waals surface area contributed by atoms with Crippen molar-refractivity contribution < 1.29 is 27.8 Å². The minimum absolute atomic E-state index is 0.0118. The zero-order valence-electron chi connectivity index (χ0n) is 17.5. The molecule has 1 aliphatic rings. The van der Waals surface area contributed by atoms with E-state index in [-0.39, 0.29) is 23.0 Å². The second-order valence-corrected chi connectivity index (χ2v) is 7.96. The van der Waals surface area contributed by atoms with Gasteiger partial charge in [-0.1, -0.05) is 72.8 Å². The standard InChI is InChI=1S/C26H25F3O3/c27-26(28,29)24(19-9-3-1-4-10-19)25(30,20-11-5-2-6-12-20)21-14-16-22(17-15-21)32-23-13-7-8-18-31-23/h1-6,9-12,14-17,23-24,30H,7-8,13,18H2. The number of benzene rings is 3. The Bertz CT molecular complexity index is 984. The highest BCUT2D eigenvalue weighted by molar-refractivity contribution is 5.44. The predicted octanol–water partition coefficient (Wildman–Crippen LogP) is 6.17. The Morgan fingerprint density at radius 1 is 0.812 bits per heavy atom. The summed E-state index contributed by atoms with van der Waals surface area (Å²) in [6.45, 7) is 0.626. The first-order valence-electron chi connectivity index (χ1n) is 10.7. The molecular formula is C26H25F3O3. The Labute approximate surface area is 185 Å². The van der Waals surface area contributed by atoms with E-state index in [2.05, 4.69) is 0 Å². The smallest absolute Gasteiger partial charge is 0.399 e. The van der Waals surface area contributed by atoms with Crippen LogP contribution in [0.5, 0.6) is 5.75 Å². The Balaban J connectivity index is 1.76. The van der Waals surface area contributed by atoms with Crippen molar-refractivity contribution in [2.45, 2.75) is 43.2 Å². The summed E-state index contributed by atoms with van der Waals surface area (Å²) in [6.07, 6.45) is -2.31. The van der Waals surface area contributed by atoms with E-state index in [1.807, 2.05) is 0 Å². The zero-order valence-corrected chi connectivity index (χ0v) is 17.5. The highest BCUT2D eigenvalue weighted by Crippen LogP contribution is 2.51. The molecule has 6 heteroatoms. The van der Waals surface area contributed by atoms with Crippen molar-refractivity contribution in [3.8, 4) is 5.75 Å². The van der Waals surface area contributed by atoms with Crippen molar-refractivity contribution in [1.29, 1.82) is 0 Å². The summed E-state index contributed by atoms with van der Waals surface area (Å²) in [4.78, 5) is 0. The molecular weight excluding hydrogens is 417 g/mol. The SMILES string of the molecule is OC(c1ccccc1)(c1ccc(OC2CCCCO2)cc1)C(c1ccccc1)C(F)(F)F. The average molecular weight is 442 g/mol. The lowest BCUT2D eigenvalue weighted by molar-refractivity contribution is -0.190. The van der Waals surface area contributed by atoms with Crippen LogP contribution >= 0.6 is 0 Å². The molecule has 3 atom stereocenters. The maximum absolute atomic E-state index is 14.5. The van der Waals surface area contributed by atoms with E-state index < -0.39 is 17.7 Å². The number of ether oxygens (including phenoxy) is 2. The molecule has 0 spiro atoms. The minimum Gasteiger partial charge on any atom is -0.465 e. The number of hydrogen-bond acceptors (Lipinski definition) is 3. The van der Waals surface area contributed by atoms with Crippen LogP contribution in [0.3, 0.4) is 0 Å². The van der Waals surface area contributed by atoms with Crippen molar-refractivity contribution in [3.05, 3.63) is 102 Å². The van der Waals surface area contributed by atoms with E-state index in [1.165, 1.54) is 36.4 Å². The van der Waals surface area contributed by atoms with Gasteiger partial charge in [0.05, 0.1) is 6.61 Å². The maximum Gasteiger partial charge on any atom is 0.399 e. The molecule has 1 heterocycles. The summed E-state index contributed by atoms with van der Waals surface area (Å²) >= 11 is 0. The summed E-state index contributed by atoms with van der Waals surface area (Å²) in [5.74, 6) is -1.67. The van der Waals surface area contributed by atoms with Gasteiger partial charge in [-0.25, -0.2) is 0 Å². The quantitative estimate of drug-likeness (QED) is 0.496. The number of rotatable bonds is 6. The molecule has 3 aromatic carbocycles. The van der Waals surface area contributed by atoms with Gasteiger partial charge in [0.1, 0.15) is 17.3 Å². The highest BCUT2D eigenvalue weighted by atomic mass is 19.4. The van der Waals surface area contributed by atoms with Crippen molar-refractivity contribution in [3.63, 3.8) is 0 Å². The van der Waals surface area contributed by atoms with Gasteiger partial charge in [0, 0.05) is 6.42 Å².